The van der Waals surface area contributed by atoms with E-state index < -0.39 is 0 Å². The Labute approximate surface area is 159 Å². The number of nitriles is 1. The van der Waals surface area contributed by atoms with Crippen LogP contribution in [0.5, 0.6) is 0 Å². The summed E-state index contributed by atoms with van der Waals surface area (Å²) in [5.41, 5.74) is 3.75. The number of benzene rings is 1. The number of likely N-dealkylation sites (N-methyl/N-ethyl adjacent to an activating group) is 1. The lowest BCUT2D eigenvalue weighted by molar-refractivity contribution is -0.125. The van der Waals surface area contributed by atoms with Gasteiger partial charge in [-0.3, -0.25) is 9.48 Å². The summed E-state index contributed by atoms with van der Waals surface area (Å²) in [7, 11) is 1.70. The van der Waals surface area contributed by atoms with Crippen molar-refractivity contribution in [2.24, 2.45) is 5.92 Å². The summed E-state index contributed by atoms with van der Waals surface area (Å²) >= 11 is 6.24. The predicted molar refractivity (Wildman–Crippen MR) is 104 cm³/mol. The highest BCUT2D eigenvalue weighted by atomic mass is 35.5. The van der Waals surface area contributed by atoms with Crippen LogP contribution in [-0.4, -0.2) is 34.2 Å². The third-order valence-electron chi connectivity index (χ3n) is 4.25. The minimum Gasteiger partial charge on any atom is -0.341 e. The van der Waals surface area contributed by atoms with Crippen molar-refractivity contribution in [1.82, 2.24) is 14.7 Å². The second-order valence-electron chi connectivity index (χ2n) is 6.42. The fraction of sp³-hybridized carbons (Fsp3) is 0.350. The summed E-state index contributed by atoms with van der Waals surface area (Å²) in [6, 6.07) is 9.82. The van der Waals surface area contributed by atoms with E-state index in [1.54, 1.807) is 24.9 Å². The Kier molecular flexibility index (Phi) is 6.59. The summed E-state index contributed by atoms with van der Waals surface area (Å²) < 4.78 is 1.89. The van der Waals surface area contributed by atoms with Gasteiger partial charge in [0.05, 0.1) is 24.2 Å². The number of aryl methyl sites for hydroxylation is 1. The molecule has 26 heavy (non-hydrogen) atoms. The van der Waals surface area contributed by atoms with Crippen molar-refractivity contribution in [2.45, 2.75) is 27.3 Å². The molecule has 0 aliphatic heterocycles. The Morgan fingerprint density at radius 1 is 1.42 bits per heavy atom. The SMILES string of the molecule is Cc1nn(Cc2ccccc2Cl)c(C)c1/C=C/C(=O)N(C)C[C@@H](C)C#N. The molecule has 6 heteroatoms. The quantitative estimate of drug-likeness (QED) is 0.726. The topological polar surface area (TPSA) is 61.9 Å². The van der Waals surface area contributed by atoms with Gasteiger partial charge in [-0.15, -0.1) is 0 Å². The summed E-state index contributed by atoms with van der Waals surface area (Å²) in [6.07, 6.45) is 3.32. The Hall–Kier alpha value is -2.58. The molecule has 2 rings (SSSR count). The van der Waals surface area contributed by atoms with Crippen LogP contribution in [0.25, 0.3) is 6.08 Å². The third-order valence-corrected chi connectivity index (χ3v) is 4.62. The van der Waals surface area contributed by atoms with Crippen LogP contribution in [0.1, 0.15) is 29.4 Å². The maximum atomic E-state index is 12.2. The zero-order chi connectivity index (χ0) is 19.3. The van der Waals surface area contributed by atoms with Crippen molar-refractivity contribution < 1.29 is 4.79 Å². The van der Waals surface area contributed by atoms with E-state index in [1.807, 2.05) is 42.8 Å². The molecule has 1 heterocycles. The maximum Gasteiger partial charge on any atom is 0.246 e. The van der Waals surface area contributed by atoms with E-state index in [0.717, 1.165) is 22.5 Å². The lowest BCUT2D eigenvalue weighted by Crippen LogP contribution is -2.29. The summed E-state index contributed by atoms with van der Waals surface area (Å²) in [5, 5.41) is 14.1. The van der Waals surface area contributed by atoms with Crippen molar-refractivity contribution in [1.29, 1.82) is 5.26 Å². The van der Waals surface area contributed by atoms with Crippen LogP contribution in [0, 0.1) is 31.1 Å². The smallest absolute Gasteiger partial charge is 0.246 e. The number of nitrogens with zero attached hydrogens (tertiary/aromatic N) is 4. The van der Waals surface area contributed by atoms with Gasteiger partial charge in [-0.1, -0.05) is 29.8 Å². The molecule has 0 unspecified atom stereocenters. The highest BCUT2D eigenvalue weighted by Crippen LogP contribution is 2.20. The van der Waals surface area contributed by atoms with Crippen LogP contribution in [0.3, 0.4) is 0 Å². The van der Waals surface area contributed by atoms with Crippen molar-refractivity contribution >= 4 is 23.6 Å². The van der Waals surface area contributed by atoms with E-state index in [-0.39, 0.29) is 11.8 Å². The van der Waals surface area contributed by atoms with Crippen LogP contribution in [-0.2, 0) is 11.3 Å². The van der Waals surface area contributed by atoms with Gasteiger partial charge in [0.15, 0.2) is 0 Å². The molecular weight excluding hydrogens is 348 g/mol. The normalized spacial score (nSPS) is 12.2. The number of carbonyl (C=O) groups excluding carboxylic acids is 1. The van der Waals surface area contributed by atoms with Crippen molar-refractivity contribution in [2.75, 3.05) is 13.6 Å². The van der Waals surface area contributed by atoms with Gasteiger partial charge < -0.3 is 4.90 Å². The molecule has 1 aromatic heterocycles. The van der Waals surface area contributed by atoms with Crippen LogP contribution in [0.2, 0.25) is 5.02 Å². The van der Waals surface area contributed by atoms with E-state index in [4.69, 9.17) is 16.9 Å². The van der Waals surface area contributed by atoms with Gasteiger partial charge in [0, 0.05) is 35.9 Å². The van der Waals surface area contributed by atoms with Crippen LogP contribution >= 0.6 is 11.6 Å². The van der Waals surface area contributed by atoms with Crippen LogP contribution in [0.4, 0.5) is 0 Å². The summed E-state index contributed by atoms with van der Waals surface area (Å²) in [5.74, 6) is -0.330. The number of halogens is 1. The summed E-state index contributed by atoms with van der Waals surface area (Å²) in [4.78, 5) is 13.8. The van der Waals surface area contributed by atoms with Crippen molar-refractivity contribution in [3.05, 3.63) is 57.9 Å². The second kappa shape index (κ2) is 8.68. The predicted octanol–water partition coefficient (Wildman–Crippen LogP) is 3.83. The van der Waals surface area contributed by atoms with E-state index in [9.17, 15) is 4.79 Å². The van der Waals surface area contributed by atoms with Crippen LogP contribution < -0.4 is 0 Å². The average Bonchev–Trinajstić information content (AvgIpc) is 2.88. The van der Waals surface area contributed by atoms with Gasteiger partial charge in [0.25, 0.3) is 0 Å². The van der Waals surface area contributed by atoms with E-state index in [0.29, 0.717) is 18.1 Å². The minimum absolute atomic E-state index is 0.134. The lowest BCUT2D eigenvalue weighted by atomic mass is 10.1. The number of rotatable bonds is 6. The summed E-state index contributed by atoms with van der Waals surface area (Å²) in [6.45, 7) is 6.67. The highest BCUT2D eigenvalue weighted by Gasteiger charge is 2.13. The number of hydrogen-bond acceptors (Lipinski definition) is 3. The minimum atomic E-state index is -0.195. The van der Waals surface area contributed by atoms with E-state index >= 15 is 0 Å². The molecule has 1 atom stereocenters. The molecule has 0 spiro atoms. The first-order valence-electron chi connectivity index (χ1n) is 8.43. The zero-order valence-electron chi connectivity index (χ0n) is 15.5. The third kappa shape index (κ3) is 4.74. The fourth-order valence-electron chi connectivity index (χ4n) is 2.72. The van der Waals surface area contributed by atoms with Gasteiger partial charge in [0.2, 0.25) is 5.91 Å². The lowest BCUT2D eigenvalue weighted by Gasteiger charge is -2.15. The molecule has 1 amide bonds. The van der Waals surface area contributed by atoms with Gasteiger partial charge >= 0.3 is 0 Å². The first-order valence-corrected chi connectivity index (χ1v) is 8.81. The van der Waals surface area contributed by atoms with Crippen LogP contribution in [0.15, 0.2) is 30.3 Å². The van der Waals surface area contributed by atoms with E-state index in [1.165, 1.54) is 6.08 Å². The monoisotopic (exact) mass is 370 g/mol. The first-order chi connectivity index (χ1) is 12.3. The van der Waals surface area contributed by atoms with Crippen molar-refractivity contribution in [3.8, 4) is 6.07 Å². The standard InChI is InChI=1S/C20H23ClN4O/c1-14(11-22)12-24(4)20(26)10-9-18-15(2)23-25(16(18)3)13-17-7-5-6-8-19(17)21/h5-10,14H,12-13H2,1-4H3/b10-9+/t14-/m0/s1. The molecule has 5 nitrogen and oxygen atoms in total. The second-order valence-corrected chi connectivity index (χ2v) is 6.82. The average molecular weight is 371 g/mol. The molecule has 0 N–H and O–H groups in total. The molecule has 0 radical (unpaired) electrons. The first kappa shape index (κ1) is 19.7. The molecule has 1 aromatic carbocycles. The molecule has 0 aliphatic rings. The Balaban J connectivity index is 2.16. The molecule has 136 valence electrons. The van der Waals surface area contributed by atoms with Gasteiger partial charge in [0.1, 0.15) is 0 Å². The van der Waals surface area contributed by atoms with Gasteiger partial charge in [-0.2, -0.15) is 10.4 Å². The maximum absolute atomic E-state index is 12.2. The van der Waals surface area contributed by atoms with Crippen molar-refractivity contribution in [3.63, 3.8) is 0 Å². The Bertz CT molecular complexity index is 863. The number of hydrogen-bond donors (Lipinski definition) is 0. The zero-order valence-corrected chi connectivity index (χ0v) is 16.3. The Morgan fingerprint density at radius 3 is 2.77 bits per heavy atom. The highest BCUT2D eigenvalue weighted by molar-refractivity contribution is 6.31. The molecule has 2 aromatic rings. The Morgan fingerprint density at radius 2 is 2.12 bits per heavy atom. The molecular formula is C20H23ClN4O. The van der Waals surface area contributed by atoms with Gasteiger partial charge in [-0.25, -0.2) is 0 Å². The number of amides is 1. The number of aromatic nitrogens is 2. The van der Waals surface area contributed by atoms with Gasteiger partial charge in [-0.05, 0) is 38.5 Å². The molecule has 0 saturated carbocycles. The largest absolute Gasteiger partial charge is 0.341 e. The molecule has 0 aliphatic carbocycles. The number of carbonyl (C=O) groups is 1. The molecule has 0 fully saturated rings. The molecule has 0 bridgehead atoms. The fourth-order valence-corrected chi connectivity index (χ4v) is 2.91. The van der Waals surface area contributed by atoms with E-state index in [2.05, 4.69) is 11.2 Å². The molecule has 0 saturated heterocycles.